The standard InChI is InChI=1S/C17H16N2O7/c1-9-13(16(21)25-2)14(10-6-4-5-7-12(10)19(23)24)15(17(22)26-3)11(8-20)18-9/h4-8,14,18H,1-3H3. The number of benzene rings is 1. The summed E-state index contributed by atoms with van der Waals surface area (Å²) >= 11 is 0. The number of dihydropyridines is 1. The van der Waals surface area contributed by atoms with Crippen LogP contribution in [0.1, 0.15) is 18.4 Å². The van der Waals surface area contributed by atoms with Gasteiger partial charge in [-0.2, -0.15) is 0 Å². The van der Waals surface area contributed by atoms with Gasteiger partial charge < -0.3 is 14.8 Å². The minimum absolute atomic E-state index is 0.0206. The smallest absolute Gasteiger partial charge is 0.336 e. The van der Waals surface area contributed by atoms with Crippen LogP contribution in [0.2, 0.25) is 0 Å². The molecule has 1 N–H and O–H groups in total. The fourth-order valence-electron chi connectivity index (χ4n) is 2.87. The SMILES string of the molecule is COC(=O)C1=C(C)NC(C=O)=C(C(=O)OC)C1c1ccccc1[N+](=O)[O-]. The molecular weight excluding hydrogens is 344 g/mol. The summed E-state index contributed by atoms with van der Waals surface area (Å²) in [7, 11) is 2.26. The number of para-hydroxylation sites is 1. The summed E-state index contributed by atoms with van der Waals surface area (Å²) in [6, 6.07) is 5.65. The molecule has 0 bridgehead atoms. The van der Waals surface area contributed by atoms with E-state index in [1.54, 1.807) is 0 Å². The van der Waals surface area contributed by atoms with Gasteiger partial charge in [0.2, 0.25) is 0 Å². The van der Waals surface area contributed by atoms with Crippen LogP contribution < -0.4 is 5.32 Å². The Hall–Kier alpha value is -3.49. The van der Waals surface area contributed by atoms with Crippen LogP contribution in [-0.4, -0.2) is 37.4 Å². The van der Waals surface area contributed by atoms with Crippen molar-refractivity contribution in [3.63, 3.8) is 0 Å². The van der Waals surface area contributed by atoms with E-state index in [4.69, 9.17) is 9.47 Å². The van der Waals surface area contributed by atoms with Crippen LogP contribution in [0.3, 0.4) is 0 Å². The van der Waals surface area contributed by atoms with Crippen molar-refractivity contribution in [1.29, 1.82) is 0 Å². The topological polar surface area (TPSA) is 125 Å². The third-order valence-electron chi connectivity index (χ3n) is 3.97. The van der Waals surface area contributed by atoms with E-state index in [1.165, 1.54) is 31.2 Å². The lowest BCUT2D eigenvalue weighted by atomic mass is 9.79. The third-order valence-corrected chi connectivity index (χ3v) is 3.97. The van der Waals surface area contributed by atoms with E-state index in [0.717, 1.165) is 14.2 Å². The highest BCUT2D eigenvalue weighted by atomic mass is 16.6. The van der Waals surface area contributed by atoms with E-state index in [1.807, 2.05) is 0 Å². The number of nitro groups is 1. The summed E-state index contributed by atoms with van der Waals surface area (Å²) in [5, 5.41) is 14.1. The largest absolute Gasteiger partial charge is 0.466 e. The molecule has 0 amide bonds. The van der Waals surface area contributed by atoms with E-state index >= 15 is 0 Å². The third kappa shape index (κ3) is 3.18. The van der Waals surface area contributed by atoms with Crippen LogP contribution in [0, 0.1) is 10.1 Å². The fraction of sp³-hybridized carbons (Fsp3) is 0.235. The summed E-state index contributed by atoms with van der Waals surface area (Å²) in [5.74, 6) is -2.88. The molecule has 0 spiro atoms. The van der Waals surface area contributed by atoms with E-state index < -0.39 is 22.8 Å². The van der Waals surface area contributed by atoms with E-state index in [-0.39, 0.29) is 33.8 Å². The molecule has 0 radical (unpaired) electrons. The van der Waals surface area contributed by atoms with Crippen LogP contribution in [0.15, 0.2) is 46.8 Å². The van der Waals surface area contributed by atoms with Gasteiger partial charge in [0.15, 0.2) is 6.29 Å². The van der Waals surface area contributed by atoms with Gasteiger partial charge in [-0.3, -0.25) is 14.9 Å². The maximum absolute atomic E-state index is 12.3. The fourth-order valence-corrected chi connectivity index (χ4v) is 2.87. The van der Waals surface area contributed by atoms with Gasteiger partial charge in [-0.15, -0.1) is 0 Å². The number of esters is 2. The van der Waals surface area contributed by atoms with Crippen molar-refractivity contribution in [2.75, 3.05) is 14.2 Å². The molecule has 9 heteroatoms. The summed E-state index contributed by atoms with van der Waals surface area (Å²) in [5.41, 5.74) is -0.353. The molecular formula is C17H16N2O7. The Morgan fingerprint density at radius 3 is 2.27 bits per heavy atom. The molecule has 1 aromatic rings. The Balaban J connectivity index is 2.86. The Morgan fingerprint density at radius 2 is 1.73 bits per heavy atom. The number of allylic oxidation sites excluding steroid dienone is 2. The molecule has 1 heterocycles. The Kier molecular flexibility index (Phi) is 5.51. The summed E-state index contributed by atoms with van der Waals surface area (Å²) in [4.78, 5) is 47.0. The van der Waals surface area contributed by atoms with Crippen LogP contribution in [-0.2, 0) is 23.9 Å². The quantitative estimate of drug-likeness (QED) is 0.361. The lowest BCUT2D eigenvalue weighted by Crippen LogP contribution is -2.33. The molecule has 0 saturated heterocycles. The van der Waals surface area contributed by atoms with Gasteiger partial charge in [-0.25, -0.2) is 9.59 Å². The highest BCUT2D eigenvalue weighted by Gasteiger charge is 2.41. The monoisotopic (exact) mass is 360 g/mol. The van der Waals surface area contributed by atoms with E-state index in [9.17, 15) is 24.5 Å². The van der Waals surface area contributed by atoms with Crippen molar-refractivity contribution in [3.8, 4) is 0 Å². The zero-order valence-corrected chi connectivity index (χ0v) is 14.3. The van der Waals surface area contributed by atoms with Gasteiger partial charge in [-0.1, -0.05) is 18.2 Å². The Labute approximate surface area is 148 Å². The number of hydrogen-bond acceptors (Lipinski definition) is 8. The molecule has 1 aromatic carbocycles. The second-order valence-electron chi connectivity index (χ2n) is 5.34. The molecule has 136 valence electrons. The average molecular weight is 360 g/mol. The molecule has 0 aliphatic carbocycles. The molecule has 9 nitrogen and oxygen atoms in total. The van der Waals surface area contributed by atoms with E-state index in [0.29, 0.717) is 6.29 Å². The highest BCUT2D eigenvalue weighted by molar-refractivity contribution is 6.03. The van der Waals surface area contributed by atoms with Crippen molar-refractivity contribution < 1.29 is 28.8 Å². The number of carbonyl (C=O) groups is 3. The molecule has 26 heavy (non-hydrogen) atoms. The Bertz CT molecular complexity index is 854. The lowest BCUT2D eigenvalue weighted by molar-refractivity contribution is -0.385. The maximum Gasteiger partial charge on any atom is 0.336 e. The first-order chi connectivity index (χ1) is 12.4. The number of carbonyl (C=O) groups excluding carboxylic acids is 3. The van der Waals surface area contributed by atoms with Crippen LogP contribution >= 0.6 is 0 Å². The number of nitrogens with zero attached hydrogens (tertiary/aromatic N) is 1. The molecule has 1 aliphatic rings. The predicted molar refractivity (Wildman–Crippen MR) is 88.8 cm³/mol. The van der Waals surface area contributed by atoms with Crippen LogP contribution in [0.4, 0.5) is 5.69 Å². The summed E-state index contributed by atoms with van der Waals surface area (Å²) in [6.07, 6.45) is 0.394. The first-order valence-electron chi connectivity index (χ1n) is 7.44. The minimum Gasteiger partial charge on any atom is -0.466 e. The molecule has 0 saturated carbocycles. The first kappa shape index (κ1) is 18.8. The predicted octanol–water partition coefficient (Wildman–Crippen LogP) is 1.35. The molecule has 2 rings (SSSR count). The molecule has 1 aliphatic heterocycles. The van der Waals surface area contributed by atoms with Gasteiger partial charge in [0.05, 0.1) is 41.9 Å². The van der Waals surface area contributed by atoms with Gasteiger partial charge in [0.1, 0.15) is 0 Å². The van der Waals surface area contributed by atoms with Crippen molar-refractivity contribution in [1.82, 2.24) is 5.32 Å². The zero-order valence-electron chi connectivity index (χ0n) is 14.3. The number of rotatable bonds is 5. The summed E-state index contributed by atoms with van der Waals surface area (Å²) < 4.78 is 9.50. The number of ether oxygens (including phenoxy) is 2. The summed E-state index contributed by atoms with van der Waals surface area (Å²) in [6.45, 7) is 1.51. The van der Waals surface area contributed by atoms with Crippen molar-refractivity contribution in [2.24, 2.45) is 0 Å². The molecule has 1 atom stereocenters. The normalized spacial score (nSPS) is 16.7. The van der Waals surface area contributed by atoms with Crippen molar-refractivity contribution >= 4 is 23.9 Å². The van der Waals surface area contributed by atoms with Crippen LogP contribution in [0.25, 0.3) is 0 Å². The minimum atomic E-state index is -1.20. The second kappa shape index (κ2) is 7.60. The van der Waals surface area contributed by atoms with Crippen LogP contribution in [0.5, 0.6) is 0 Å². The lowest BCUT2D eigenvalue weighted by Gasteiger charge is -2.29. The van der Waals surface area contributed by atoms with Gasteiger partial charge in [-0.05, 0) is 6.92 Å². The van der Waals surface area contributed by atoms with Gasteiger partial charge in [0, 0.05) is 17.3 Å². The number of nitro benzene ring substituents is 1. The van der Waals surface area contributed by atoms with E-state index in [2.05, 4.69) is 5.32 Å². The van der Waals surface area contributed by atoms with Gasteiger partial charge >= 0.3 is 11.9 Å². The van der Waals surface area contributed by atoms with Crippen molar-refractivity contribution in [3.05, 3.63) is 62.5 Å². The molecule has 0 fully saturated rings. The molecule has 0 aromatic heterocycles. The number of aldehydes is 1. The molecule has 1 unspecified atom stereocenters. The zero-order chi connectivity index (χ0) is 19.4. The second-order valence-corrected chi connectivity index (χ2v) is 5.34. The first-order valence-corrected chi connectivity index (χ1v) is 7.44. The average Bonchev–Trinajstić information content (AvgIpc) is 2.65. The number of hydrogen-bond donors (Lipinski definition) is 1. The van der Waals surface area contributed by atoms with Crippen molar-refractivity contribution in [2.45, 2.75) is 12.8 Å². The van der Waals surface area contributed by atoms with Gasteiger partial charge in [0.25, 0.3) is 5.69 Å². The number of nitrogens with one attached hydrogen (secondary N) is 1. The maximum atomic E-state index is 12.3. The Morgan fingerprint density at radius 1 is 1.15 bits per heavy atom. The number of methoxy groups -OCH3 is 2. The highest BCUT2D eigenvalue weighted by Crippen LogP contribution is 2.42.